The zero-order valence-electron chi connectivity index (χ0n) is 15.3. The highest BCUT2D eigenvalue weighted by Gasteiger charge is 2.25. The number of nitrogens with zero attached hydrogens (tertiary/aromatic N) is 2. The van der Waals surface area contributed by atoms with Crippen LogP contribution in [0.15, 0.2) is 66.7 Å². The first kappa shape index (κ1) is 18.5. The fourth-order valence-electron chi connectivity index (χ4n) is 2.97. The van der Waals surface area contributed by atoms with Crippen LogP contribution in [0.2, 0.25) is 5.02 Å². The van der Waals surface area contributed by atoms with E-state index >= 15 is 0 Å². The Balaban J connectivity index is 1.90. The minimum absolute atomic E-state index is 0.240. The first-order valence-corrected chi connectivity index (χ1v) is 9.87. The van der Waals surface area contributed by atoms with Crippen LogP contribution >= 0.6 is 22.9 Å². The molecule has 0 aliphatic heterocycles. The van der Waals surface area contributed by atoms with Crippen LogP contribution in [0.5, 0.6) is 5.75 Å². The second-order valence-corrected chi connectivity index (χ2v) is 7.65. The number of hydrogen-bond donors (Lipinski definition) is 0. The van der Waals surface area contributed by atoms with Crippen molar-refractivity contribution in [2.24, 2.45) is 0 Å². The normalized spacial score (nSPS) is 10.8. The van der Waals surface area contributed by atoms with Crippen LogP contribution in [0.1, 0.15) is 15.9 Å². The Bertz CT molecular complexity index is 1140. The third-order valence-electron chi connectivity index (χ3n) is 4.43. The van der Waals surface area contributed by atoms with Crippen LogP contribution in [0.4, 0.5) is 10.8 Å². The minimum Gasteiger partial charge on any atom is -0.496 e. The molecule has 1 aromatic heterocycles. The van der Waals surface area contributed by atoms with Gasteiger partial charge in [0.25, 0.3) is 5.91 Å². The molecule has 0 saturated carbocycles. The molecule has 140 valence electrons. The number of hydrogen-bond acceptors (Lipinski definition) is 4. The summed E-state index contributed by atoms with van der Waals surface area (Å²) >= 11 is 7.77. The highest BCUT2D eigenvalue weighted by atomic mass is 35.5. The number of halogens is 1. The molecule has 0 aliphatic rings. The number of thiazole rings is 1. The number of amides is 1. The van der Waals surface area contributed by atoms with E-state index in [1.54, 1.807) is 36.3 Å². The van der Waals surface area contributed by atoms with Crippen molar-refractivity contribution in [2.45, 2.75) is 6.92 Å². The summed E-state index contributed by atoms with van der Waals surface area (Å²) in [4.78, 5) is 19.8. The number of ether oxygens (including phenoxy) is 1. The smallest absolute Gasteiger partial charge is 0.266 e. The van der Waals surface area contributed by atoms with Gasteiger partial charge in [-0.1, -0.05) is 53.3 Å². The summed E-state index contributed by atoms with van der Waals surface area (Å²) in [5.74, 6) is 0.464. The highest BCUT2D eigenvalue weighted by molar-refractivity contribution is 7.22. The van der Waals surface area contributed by atoms with Crippen LogP contribution in [-0.2, 0) is 0 Å². The quantitative estimate of drug-likeness (QED) is 0.401. The maximum Gasteiger partial charge on any atom is 0.266 e. The first-order valence-electron chi connectivity index (χ1n) is 8.67. The number of rotatable bonds is 4. The summed E-state index contributed by atoms with van der Waals surface area (Å²) in [5, 5.41) is 0.981. The van der Waals surface area contributed by atoms with Gasteiger partial charge in [-0.2, -0.15) is 0 Å². The molecule has 0 N–H and O–H groups in total. The first-order chi connectivity index (χ1) is 13.6. The van der Waals surface area contributed by atoms with Gasteiger partial charge in [-0.3, -0.25) is 9.69 Å². The second kappa shape index (κ2) is 7.62. The lowest BCUT2D eigenvalue weighted by Crippen LogP contribution is -2.26. The van der Waals surface area contributed by atoms with Crippen molar-refractivity contribution in [1.82, 2.24) is 4.98 Å². The number of fused-ring (bicyclic) bond motifs is 1. The van der Waals surface area contributed by atoms with Gasteiger partial charge in [0.1, 0.15) is 5.75 Å². The lowest BCUT2D eigenvalue weighted by molar-refractivity contribution is 0.0999. The molecule has 4 aromatic rings. The number of para-hydroxylation sites is 1. The van der Waals surface area contributed by atoms with E-state index in [4.69, 9.17) is 16.3 Å². The average molecular weight is 409 g/mol. The molecule has 4 nitrogen and oxygen atoms in total. The standard InChI is InChI=1S/C22H17ClN2O2S/c1-14-11-12-15(13-19(14)27-2)25(21(26)16-7-3-4-8-17(16)23)22-24-18-9-5-6-10-20(18)28-22/h3-13H,1-2H3. The van der Waals surface area contributed by atoms with E-state index < -0.39 is 0 Å². The van der Waals surface area contributed by atoms with Gasteiger partial charge in [-0.25, -0.2) is 4.98 Å². The second-order valence-electron chi connectivity index (χ2n) is 6.24. The molecule has 0 atom stereocenters. The number of carbonyl (C=O) groups excluding carboxylic acids is 1. The number of anilines is 2. The van der Waals surface area contributed by atoms with Crippen LogP contribution in [0.3, 0.4) is 0 Å². The van der Waals surface area contributed by atoms with Crippen LogP contribution in [-0.4, -0.2) is 18.0 Å². The molecular weight excluding hydrogens is 392 g/mol. The van der Waals surface area contributed by atoms with E-state index in [-0.39, 0.29) is 5.91 Å². The van der Waals surface area contributed by atoms with Crippen molar-refractivity contribution in [2.75, 3.05) is 12.0 Å². The molecule has 0 fully saturated rings. The van der Waals surface area contributed by atoms with Crippen LogP contribution < -0.4 is 9.64 Å². The van der Waals surface area contributed by atoms with Gasteiger partial charge < -0.3 is 4.74 Å². The number of benzene rings is 3. The van der Waals surface area contributed by atoms with E-state index in [2.05, 4.69) is 4.98 Å². The number of carbonyl (C=O) groups is 1. The van der Waals surface area contributed by atoms with E-state index in [1.807, 2.05) is 49.4 Å². The zero-order valence-corrected chi connectivity index (χ0v) is 16.9. The highest BCUT2D eigenvalue weighted by Crippen LogP contribution is 2.37. The molecule has 0 radical (unpaired) electrons. The maximum absolute atomic E-state index is 13.5. The Hall–Kier alpha value is -2.89. The van der Waals surface area contributed by atoms with Gasteiger partial charge in [-0.05, 0) is 42.8 Å². The largest absolute Gasteiger partial charge is 0.496 e. The lowest BCUT2D eigenvalue weighted by Gasteiger charge is -2.21. The molecule has 0 unspecified atom stereocenters. The summed E-state index contributed by atoms with van der Waals surface area (Å²) in [6.07, 6.45) is 0. The number of aromatic nitrogens is 1. The lowest BCUT2D eigenvalue weighted by atomic mass is 10.1. The molecule has 1 heterocycles. The Labute approximate surface area is 172 Å². The zero-order chi connectivity index (χ0) is 19.7. The SMILES string of the molecule is COc1cc(N(C(=O)c2ccccc2Cl)c2nc3ccccc3s2)ccc1C. The van der Waals surface area contributed by atoms with E-state index in [0.29, 0.717) is 27.2 Å². The van der Waals surface area contributed by atoms with Crippen molar-refractivity contribution in [3.63, 3.8) is 0 Å². The summed E-state index contributed by atoms with van der Waals surface area (Å²) in [6.45, 7) is 1.96. The fourth-order valence-corrected chi connectivity index (χ4v) is 4.17. The predicted molar refractivity (Wildman–Crippen MR) is 115 cm³/mol. The predicted octanol–water partition coefficient (Wildman–Crippen LogP) is 6.25. The Morgan fingerprint density at radius 1 is 1.07 bits per heavy atom. The molecule has 0 saturated heterocycles. The molecule has 0 bridgehead atoms. The summed E-state index contributed by atoms with van der Waals surface area (Å²) in [6, 6.07) is 20.5. The molecular formula is C22H17ClN2O2S. The molecule has 0 aliphatic carbocycles. The van der Waals surface area contributed by atoms with Gasteiger partial charge in [0.2, 0.25) is 0 Å². The average Bonchev–Trinajstić information content (AvgIpc) is 3.13. The van der Waals surface area contributed by atoms with Crippen molar-refractivity contribution in [3.05, 3.63) is 82.9 Å². The van der Waals surface area contributed by atoms with Crippen molar-refractivity contribution in [1.29, 1.82) is 0 Å². The fraction of sp³-hybridized carbons (Fsp3) is 0.0909. The van der Waals surface area contributed by atoms with E-state index in [1.165, 1.54) is 11.3 Å². The Morgan fingerprint density at radius 3 is 2.57 bits per heavy atom. The maximum atomic E-state index is 13.5. The molecule has 0 spiro atoms. The summed E-state index contributed by atoms with van der Waals surface area (Å²) < 4.78 is 6.47. The molecule has 28 heavy (non-hydrogen) atoms. The van der Waals surface area contributed by atoms with Gasteiger partial charge in [0.05, 0.1) is 33.6 Å². The van der Waals surface area contributed by atoms with Crippen molar-refractivity contribution < 1.29 is 9.53 Å². The number of methoxy groups -OCH3 is 1. The van der Waals surface area contributed by atoms with E-state index in [9.17, 15) is 4.79 Å². The molecule has 4 rings (SSSR count). The van der Waals surface area contributed by atoms with Crippen LogP contribution in [0.25, 0.3) is 10.2 Å². The van der Waals surface area contributed by atoms with E-state index in [0.717, 1.165) is 15.8 Å². The molecule has 3 aromatic carbocycles. The number of aryl methyl sites for hydroxylation is 1. The Morgan fingerprint density at radius 2 is 1.82 bits per heavy atom. The molecule has 1 amide bonds. The third-order valence-corrected chi connectivity index (χ3v) is 5.78. The van der Waals surface area contributed by atoms with Crippen LogP contribution in [0, 0.1) is 6.92 Å². The Kier molecular flexibility index (Phi) is 5.03. The van der Waals surface area contributed by atoms with Crippen molar-refractivity contribution >= 4 is 49.9 Å². The minimum atomic E-state index is -0.240. The monoisotopic (exact) mass is 408 g/mol. The summed E-state index contributed by atoms with van der Waals surface area (Å²) in [7, 11) is 1.62. The van der Waals surface area contributed by atoms with Gasteiger partial charge in [0.15, 0.2) is 5.13 Å². The van der Waals surface area contributed by atoms with Gasteiger partial charge in [-0.15, -0.1) is 0 Å². The van der Waals surface area contributed by atoms with Crippen molar-refractivity contribution in [3.8, 4) is 5.75 Å². The topological polar surface area (TPSA) is 42.4 Å². The molecule has 6 heteroatoms. The third kappa shape index (κ3) is 3.35. The van der Waals surface area contributed by atoms with Gasteiger partial charge >= 0.3 is 0 Å². The van der Waals surface area contributed by atoms with Gasteiger partial charge in [0, 0.05) is 6.07 Å². The summed E-state index contributed by atoms with van der Waals surface area (Å²) in [5.41, 5.74) is 2.92.